The number of aromatic nitrogens is 1. The van der Waals surface area contributed by atoms with Crippen LogP contribution >= 0.6 is 11.3 Å². The van der Waals surface area contributed by atoms with Gasteiger partial charge in [0.25, 0.3) is 0 Å². The lowest BCUT2D eigenvalue weighted by molar-refractivity contribution is 0.292. The zero-order chi connectivity index (χ0) is 13.8. The molecule has 0 spiro atoms. The third kappa shape index (κ3) is 3.19. The first-order chi connectivity index (χ1) is 9.85. The van der Waals surface area contributed by atoms with Crippen LogP contribution < -0.4 is 10.1 Å². The van der Waals surface area contributed by atoms with Crippen molar-refractivity contribution in [2.45, 2.75) is 31.2 Å². The predicted octanol–water partition coefficient (Wildman–Crippen LogP) is 3.23. The van der Waals surface area contributed by atoms with Gasteiger partial charge in [0.05, 0.1) is 18.3 Å². The molecular weight excluding hydrogens is 268 g/mol. The molecule has 2 aromatic rings. The number of thiazole rings is 1. The zero-order valence-corrected chi connectivity index (χ0v) is 12.5. The first kappa shape index (κ1) is 13.6. The van der Waals surface area contributed by atoms with E-state index in [0.717, 1.165) is 18.7 Å². The van der Waals surface area contributed by atoms with E-state index in [1.165, 1.54) is 24.1 Å². The summed E-state index contributed by atoms with van der Waals surface area (Å²) in [6, 6.07) is 9.15. The van der Waals surface area contributed by atoms with Crippen molar-refractivity contribution < 1.29 is 4.74 Å². The maximum absolute atomic E-state index is 5.19. The van der Waals surface area contributed by atoms with Crippen LogP contribution in [0.5, 0.6) is 5.75 Å². The van der Waals surface area contributed by atoms with Crippen molar-refractivity contribution in [2.75, 3.05) is 13.7 Å². The van der Waals surface area contributed by atoms with E-state index in [4.69, 9.17) is 4.74 Å². The van der Waals surface area contributed by atoms with E-state index in [-0.39, 0.29) is 0 Å². The van der Waals surface area contributed by atoms with Crippen LogP contribution in [0, 0.1) is 0 Å². The van der Waals surface area contributed by atoms with Gasteiger partial charge in [-0.15, -0.1) is 11.3 Å². The van der Waals surface area contributed by atoms with Gasteiger partial charge in [0.2, 0.25) is 0 Å². The van der Waals surface area contributed by atoms with Crippen LogP contribution in [0.4, 0.5) is 0 Å². The molecule has 1 heterocycles. The molecule has 0 unspecified atom stereocenters. The second-order valence-electron chi connectivity index (χ2n) is 5.32. The number of nitrogens with zero attached hydrogens (tertiary/aromatic N) is 1. The van der Waals surface area contributed by atoms with Crippen molar-refractivity contribution in [1.82, 2.24) is 10.3 Å². The number of hydrogen-bond acceptors (Lipinski definition) is 4. The first-order valence-electron chi connectivity index (χ1n) is 7.09. The highest BCUT2D eigenvalue weighted by Crippen LogP contribution is 2.37. The highest BCUT2D eigenvalue weighted by molar-refractivity contribution is 7.07. The molecule has 1 fully saturated rings. The van der Waals surface area contributed by atoms with Gasteiger partial charge in [-0.25, -0.2) is 4.98 Å². The molecule has 1 aromatic heterocycles. The molecule has 1 aromatic carbocycles. The van der Waals surface area contributed by atoms with Crippen LogP contribution in [-0.4, -0.2) is 24.7 Å². The van der Waals surface area contributed by atoms with Crippen LogP contribution in [0.25, 0.3) is 0 Å². The van der Waals surface area contributed by atoms with Crippen molar-refractivity contribution in [1.29, 1.82) is 0 Å². The fourth-order valence-electron chi connectivity index (χ4n) is 2.70. The molecule has 3 rings (SSSR count). The SMILES string of the molecule is COc1ccc(C2CC(NCCc3cscn3)C2)cc1. The van der Waals surface area contributed by atoms with Gasteiger partial charge in [0, 0.05) is 24.4 Å². The summed E-state index contributed by atoms with van der Waals surface area (Å²) in [5.41, 5.74) is 4.54. The Kier molecular flexibility index (Phi) is 4.33. The maximum atomic E-state index is 5.19. The molecule has 0 atom stereocenters. The average Bonchev–Trinajstić information content (AvgIpc) is 2.95. The molecule has 0 bridgehead atoms. The Morgan fingerprint density at radius 1 is 1.30 bits per heavy atom. The van der Waals surface area contributed by atoms with E-state index < -0.39 is 0 Å². The summed E-state index contributed by atoms with van der Waals surface area (Å²) in [6.45, 7) is 1.03. The lowest BCUT2D eigenvalue weighted by atomic mass is 9.76. The summed E-state index contributed by atoms with van der Waals surface area (Å²) in [7, 11) is 1.71. The largest absolute Gasteiger partial charge is 0.497 e. The maximum Gasteiger partial charge on any atom is 0.118 e. The molecule has 4 heteroatoms. The Balaban J connectivity index is 1.39. The van der Waals surface area contributed by atoms with Crippen molar-refractivity contribution in [2.24, 2.45) is 0 Å². The van der Waals surface area contributed by atoms with Crippen LogP contribution in [0.15, 0.2) is 35.2 Å². The number of benzene rings is 1. The van der Waals surface area contributed by atoms with E-state index in [9.17, 15) is 0 Å². The highest BCUT2D eigenvalue weighted by atomic mass is 32.1. The number of rotatable bonds is 6. The monoisotopic (exact) mass is 288 g/mol. The summed E-state index contributed by atoms with van der Waals surface area (Å²) in [6.07, 6.45) is 3.51. The summed E-state index contributed by atoms with van der Waals surface area (Å²) in [4.78, 5) is 4.30. The molecule has 1 aliphatic rings. The van der Waals surface area contributed by atoms with E-state index in [1.54, 1.807) is 18.4 Å². The van der Waals surface area contributed by atoms with E-state index in [0.29, 0.717) is 12.0 Å². The second-order valence-corrected chi connectivity index (χ2v) is 6.04. The molecule has 0 amide bonds. The summed E-state index contributed by atoms with van der Waals surface area (Å²) < 4.78 is 5.19. The van der Waals surface area contributed by atoms with Gasteiger partial charge in [-0.3, -0.25) is 0 Å². The van der Waals surface area contributed by atoms with Crippen molar-refractivity contribution >= 4 is 11.3 Å². The standard InChI is InChI=1S/C16H20N2OS/c1-19-16-4-2-12(3-5-16)13-8-15(9-13)17-7-6-14-10-20-11-18-14/h2-5,10-11,13,15,17H,6-9H2,1H3. The van der Waals surface area contributed by atoms with Crippen LogP contribution in [0.2, 0.25) is 0 Å². The third-order valence-corrected chi connectivity index (χ3v) is 4.66. The molecule has 0 radical (unpaired) electrons. The third-order valence-electron chi connectivity index (χ3n) is 4.02. The van der Waals surface area contributed by atoms with E-state index >= 15 is 0 Å². The smallest absolute Gasteiger partial charge is 0.118 e. The molecule has 0 aliphatic heterocycles. The quantitative estimate of drug-likeness (QED) is 0.886. The Bertz CT molecular complexity index is 518. The lowest BCUT2D eigenvalue weighted by Gasteiger charge is -2.36. The van der Waals surface area contributed by atoms with E-state index in [2.05, 4.69) is 39.9 Å². The summed E-state index contributed by atoms with van der Waals surface area (Å²) in [5, 5.41) is 5.75. The fourth-order valence-corrected chi connectivity index (χ4v) is 3.29. The van der Waals surface area contributed by atoms with Gasteiger partial charge in [0.1, 0.15) is 5.75 Å². The minimum atomic E-state index is 0.667. The normalized spacial score (nSPS) is 21.4. The van der Waals surface area contributed by atoms with Crippen LogP contribution in [-0.2, 0) is 6.42 Å². The molecular formula is C16H20N2OS. The molecule has 1 aliphatic carbocycles. The fraction of sp³-hybridized carbons (Fsp3) is 0.438. The zero-order valence-electron chi connectivity index (χ0n) is 11.7. The highest BCUT2D eigenvalue weighted by Gasteiger charge is 2.29. The van der Waals surface area contributed by atoms with Gasteiger partial charge in [-0.2, -0.15) is 0 Å². The Hall–Kier alpha value is -1.39. The van der Waals surface area contributed by atoms with Crippen LogP contribution in [0.1, 0.15) is 30.0 Å². The number of methoxy groups -OCH3 is 1. The topological polar surface area (TPSA) is 34.1 Å². The molecule has 3 nitrogen and oxygen atoms in total. The van der Waals surface area contributed by atoms with Gasteiger partial charge >= 0.3 is 0 Å². The number of hydrogen-bond donors (Lipinski definition) is 1. The summed E-state index contributed by atoms with van der Waals surface area (Å²) in [5.74, 6) is 1.64. The summed E-state index contributed by atoms with van der Waals surface area (Å²) >= 11 is 1.67. The number of nitrogens with one attached hydrogen (secondary N) is 1. The minimum Gasteiger partial charge on any atom is -0.497 e. The Labute approximate surface area is 124 Å². The van der Waals surface area contributed by atoms with Crippen LogP contribution in [0.3, 0.4) is 0 Å². The average molecular weight is 288 g/mol. The Morgan fingerprint density at radius 2 is 2.10 bits per heavy atom. The molecule has 106 valence electrons. The Morgan fingerprint density at radius 3 is 2.75 bits per heavy atom. The van der Waals surface area contributed by atoms with E-state index in [1.807, 2.05) is 5.51 Å². The van der Waals surface area contributed by atoms with Gasteiger partial charge in [-0.05, 0) is 36.5 Å². The molecule has 1 N–H and O–H groups in total. The lowest BCUT2D eigenvalue weighted by Crippen LogP contribution is -2.40. The van der Waals surface area contributed by atoms with Crippen molar-refractivity contribution in [3.63, 3.8) is 0 Å². The molecule has 1 saturated carbocycles. The minimum absolute atomic E-state index is 0.667. The molecule has 0 saturated heterocycles. The predicted molar refractivity (Wildman–Crippen MR) is 82.6 cm³/mol. The molecule has 20 heavy (non-hydrogen) atoms. The number of ether oxygens (including phenoxy) is 1. The van der Waals surface area contributed by atoms with Gasteiger partial charge < -0.3 is 10.1 Å². The van der Waals surface area contributed by atoms with Crippen molar-refractivity contribution in [3.05, 3.63) is 46.4 Å². The second kappa shape index (κ2) is 6.37. The van der Waals surface area contributed by atoms with Gasteiger partial charge in [-0.1, -0.05) is 12.1 Å². The first-order valence-corrected chi connectivity index (χ1v) is 8.04. The van der Waals surface area contributed by atoms with Crippen molar-refractivity contribution in [3.8, 4) is 5.75 Å². The van der Waals surface area contributed by atoms with Gasteiger partial charge in [0.15, 0.2) is 0 Å².